The van der Waals surface area contributed by atoms with E-state index >= 15 is 0 Å². The van der Waals surface area contributed by atoms with Crippen molar-refractivity contribution in [3.63, 3.8) is 0 Å². The molecule has 6 aromatic rings. The quantitative estimate of drug-likeness (QED) is 0.0263. The molecule has 0 spiro atoms. The summed E-state index contributed by atoms with van der Waals surface area (Å²) in [7, 11) is -0.987. The number of carbonyl (C=O) groups is 3. The molecule has 9 rings (SSSR count). The first-order valence-electron chi connectivity index (χ1n) is 32.6. The molecule has 3 fully saturated rings. The van der Waals surface area contributed by atoms with E-state index in [0.29, 0.717) is 50.5 Å². The van der Waals surface area contributed by atoms with Crippen LogP contribution in [0.15, 0.2) is 166 Å². The first-order valence-corrected chi connectivity index (χ1v) is 38.5. The van der Waals surface area contributed by atoms with E-state index in [1.807, 2.05) is 148 Å². The highest BCUT2D eigenvalue weighted by molar-refractivity contribution is 7.97. The maximum absolute atomic E-state index is 12.8. The van der Waals surface area contributed by atoms with Crippen LogP contribution in [0.2, 0.25) is 0 Å². The molecule has 6 aromatic carbocycles. The van der Waals surface area contributed by atoms with Crippen molar-refractivity contribution in [1.29, 1.82) is 0 Å². The van der Waals surface area contributed by atoms with Gasteiger partial charge in [-0.3, -0.25) is 29.2 Å². The van der Waals surface area contributed by atoms with Gasteiger partial charge in [0.15, 0.2) is 0 Å². The van der Waals surface area contributed by atoms with Crippen LogP contribution >= 0.6 is 35.8 Å². The van der Waals surface area contributed by atoms with Crippen LogP contribution in [0, 0.1) is 16.0 Å². The Labute approximate surface area is 608 Å². The molecule has 3 atom stereocenters. The number of nitrogens with zero attached hydrogens (tertiary/aromatic N) is 7. The van der Waals surface area contributed by atoms with E-state index in [1.165, 1.54) is 40.2 Å². The lowest BCUT2D eigenvalue weighted by molar-refractivity contribution is -0.387. The van der Waals surface area contributed by atoms with E-state index in [9.17, 15) is 50.3 Å². The van der Waals surface area contributed by atoms with Gasteiger partial charge in [0.25, 0.3) is 5.69 Å². The van der Waals surface area contributed by atoms with Gasteiger partial charge in [0.1, 0.15) is 38.4 Å². The van der Waals surface area contributed by atoms with Crippen LogP contribution < -0.4 is 14.2 Å². The molecule has 3 saturated heterocycles. The summed E-state index contributed by atoms with van der Waals surface area (Å²) in [4.78, 5) is 47.7. The minimum atomic E-state index is -4.77. The molecule has 548 valence electrons. The number of piperazine rings is 2. The number of halogens is 3. The molecular formula is C71H95F3N8O12S6. The standard InChI is InChI=1S/C18H22N2O2S2.C18H23NOS.C13H18F3NOS.C13H16N2O5S.C9H16N2O3S/c1-21-15-3-7-17(8-4-15)23-19-11-13-20(14-12-19)24-18-9-5-16(22-2)6-10-18;1-18(2,3)21(20)19(14-16-10-6-4-7-11-16)15-17-12-8-5-9-13-17;1-8(2)10-6-5-7-11(9(3)4)12(10)17-19(18)13(14,15)16;1-20-13(16)10-6-8-14(9-7-10)21(19)12-5-3-2-4-11(12)15(17)18;1-8(12)10-3-5-11(6-4-10)15-7-2-9(13)14/h3-10H,11-14H2,1-2H3;4-13H,14-15H2,1-3H3;5-9,17H,1-4H3;2-5,10H,6-9H2,1H3;2-7H2,1H3,(H,13,14). The van der Waals surface area contributed by atoms with Gasteiger partial charge in [-0.1, -0.05) is 131 Å². The molecule has 1 amide bonds. The van der Waals surface area contributed by atoms with Crippen molar-refractivity contribution in [3.8, 4) is 11.5 Å². The Bertz CT molecular complexity index is 3420. The van der Waals surface area contributed by atoms with Crippen LogP contribution in [-0.2, 0) is 65.2 Å². The third-order valence-electron chi connectivity index (χ3n) is 15.5. The molecule has 3 aliphatic heterocycles. The van der Waals surface area contributed by atoms with E-state index in [-0.39, 0.29) is 51.4 Å². The summed E-state index contributed by atoms with van der Waals surface area (Å²) >= 11 is 5.20. The van der Waals surface area contributed by atoms with Gasteiger partial charge >= 0.3 is 17.4 Å². The number of anilines is 1. The Morgan fingerprint density at radius 2 is 1.08 bits per heavy atom. The summed E-state index contributed by atoms with van der Waals surface area (Å²) in [6, 6.07) is 48.3. The summed E-state index contributed by atoms with van der Waals surface area (Å²) < 4.78 is 102. The number of benzene rings is 6. The number of para-hydroxylation sites is 2. The van der Waals surface area contributed by atoms with Gasteiger partial charge in [0.2, 0.25) is 16.9 Å². The number of alkyl halides is 3. The van der Waals surface area contributed by atoms with Gasteiger partial charge in [-0.25, -0.2) is 34.2 Å². The number of rotatable bonds is 23. The lowest BCUT2D eigenvalue weighted by Gasteiger charge is -2.33. The van der Waals surface area contributed by atoms with E-state index < -0.39 is 49.4 Å². The van der Waals surface area contributed by atoms with Crippen molar-refractivity contribution in [2.24, 2.45) is 5.92 Å². The van der Waals surface area contributed by atoms with Crippen molar-refractivity contribution >= 4 is 98.0 Å². The molecule has 3 aliphatic rings. The molecule has 3 unspecified atom stereocenters. The number of carbonyl (C=O) groups excluding carboxylic acids is 2. The molecule has 0 bridgehead atoms. The summed E-state index contributed by atoms with van der Waals surface area (Å²) in [6.07, 6.45) is 1.27. The predicted molar refractivity (Wildman–Crippen MR) is 398 cm³/mol. The van der Waals surface area contributed by atoms with Crippen LogP contribution in [0.3, 0.4) is 0 Å². The summed E-state index contributed by atoms with van der Waals surface area (Å²) in [5, 5.41) is 19.5. The Morgan fingerprint density at radius 1 is 0.640 bits per heavy atom. The number of hydrogen-bond donors (Lipinski definition) is 2. The van der Waals surface area contributed by atoms with Crippen molar-refractivity contribution in [2.75, 3.05) is 97.3 Å². The highest BCUT2D eigenvalue weighted by atomic mass is 32.2. The lowest BCUT2D eigenvalue weighted by Crippen LogP contribution is -2.45. The Hall–Kier alpha value is -6.38. The largest absolute Gasteiger partial charge is 0.497 e. The molecule has 0 saturated carbocycles. The van der Waals surface area contributed by atoms with Crippen LogP contribution in [0.4, 0.5) is 24.5 Å². The number of ether oxygens (including phenoxy) is 3. The number of methoxy groups -OCH3 is 3. The number of aliphatic carboxylic acids is 1. The number of esters is 1. The second-order valence-corrected chi connectivity index (χ2v) is 33.0. The Morgan fingerprint density at radius 3 is 1.47 bits per heavy atom. The third-order valence-corrected chi connectivity index (χ3v) is 22.9. The van der Waals surface area contributed by atoms with E-state index in [1.54, 1.807) is 61.7 Å². The highest BCUT2D eigenvalue weighted by Gasteiger charge is 2.38. The van der Waals surface area contributed by atoms with Crippen LogP contribution in [0.1, 0.15) is 109 Å². The molecule has 0 aromatic heterocycles. The van der Waals surface area contributed by atoms with Gasteiger partial charge in [0.05, 0.1) is 49.0 Å². The number of carboxylic acids is 1. The van der Waals surface area contributed by atoms with Gasteiger partial charge in [-0.05, 0) is 146 Å². The molecule has 0 aliphatic carbocycles. The number of hydrogen-bond acceptors (Lipinski definition) is 17. The second kappa shape index (κ2) is 42.9. The fraction of sp³-hybridized carbons (Fsp3) is 0.451. The highest BCUT2D eigenvalue weighted by Crippen LogP contribution is 2.36. The van der Waals surface area contributed by atoms with Crippen LogP contribution in [-0.4, -0.2) is 170 Å². The van der Waals surface area contributed by atoms with Gasteiger partial charge in [-0.15, -0.1) is 0 Å². The molecule has 3 heterocycles. The molecule has 20 nitrogen and oxygen atoms in total. The monoisotopic (exact) mass is 1500 g/mol. The Balaban J connectivity index is 0.000000227. The predicted octanol–water partition coefficient (Wildman–Crippen LogP) is 14.5. The molecule has 100 heavy (non-hydrogen) atoms. The van der Waals surface area contributed by atoms with E-state index in [4.69, 9.17) is 19.3 Å². The summed E-state index contributed by atoms with van der Waals surface area (Å²) in [5.74, 6) is 1.42. The zero-order valence-electron chi connectivity index (χ0n) is 58.6. The van der Waals surface area contributed by atoms with Gasteiger partial charge in [0, 0.05) is 107 Å². The number of nitro benzene ring substituents is 1. The first kappa shape index (κ1) is 84.3. The van der Waals surface area contributed by atoms with E-state index in [0.717, 1.165) is 75.0 Å². The maximum atomic E-state index is 12.8. The average Bonchev–Trinajstić information content (AvgIpc) is 0.826. The van der Waals surface area contributed by atoms with Gasteiger partial charge < -0.3 is 24.2 Å². The third kappa shape index (κ3) is 29.2. The first-order chi connectivity index (χ1) is 47.5. The Kier molecular flexibility index (Phi) is 36.2. The number of carboxylic acid groups (broad SMARTS) is 1. The minimum Gasteiger partial charge on any atom is -0.497 e. The van der Waals surface area contributed by atoms with Crippen molar-refractivity contribution in [1.82, 2.24) is 26.4 Å². The number of piperidine rings is 1. The zero-order chi connectivity index (χ0) is 73.5. The fourth-order valence-corrected chi connectivity index (χ4v) is 16.0. The summed E-state index contributed by atoms with van der Waals surface area (Å²) in [6.45, 7) is 24.8. The fourth-order valence-electron chi connectivity index (χ4n) is 10.1. The number of nitro groups is 1. The van der Waals surface area contributed by atoms with Crippen molar-refractivity contribution in [3.05, 3.63) is 184 Å². The molecular weight excluding hydrogens is 1410 g/mol. The average molecular weight is 1500 g/mol. The molecule has 29 heteroatoms. The van der Waals surface area contributed by atoms with Crippen molar-refractivity contribution in [2.45, 2.75) is 125 Å². The zero-order valence-corrected chi connectivity index (χ0v) is 63.5. The maximum Gasteiger partial charge on any atom is 0.490 e. The van der Waals surface area contributed by atoms with Gasteiger partial charge in [-0.2, -0.15) is 13.2 Å². The smallest absolute Gasteiger partial charge is 0.490 e. The molecule has 0 radical (unpaired) electrons. The van der Waals surface area contributed by atoms with Crippen molar-refractivity contribution < 1.29 is 64.4 Å². The minimum absolute atomic E-state index is 0.0476. The number of amides is 1. The SMILES string of the molecule is CC(=O)N1CCN(SCCC(=O)O)CC1.CC(C)(C)S(=O)N(Cc1ccccc1)Cc1ccccc1.CC(C)c1cccc(C(C)C)c1NS(=O)C(F)(F)F.COC(=O)C1CCN(S(=O)c2ccccc2[N+](=O)[O-])CC1.COc1ccc(SN2CCN(Sc3ccc(OC)cc3)CC2)cc1. The normalized spacial score (nSPS) is 15.8. The van der Waals surface area contributed by atoms with Crippen LogP contribution in [0.25, 0.3) is 0 Å². The molecule has 2 N–H and O–H groups in total. The number of nitrogens with one attached hydrogen (secondary N) is 1. The van der Waals surface area contributed by atoms with E-state index in [2.05, 4.69) is 66.2 Å². The second-order valence-electron chi connectivity index (χ2n) is 24.6. The topological polar surface area (TPSA) is 225 Å². The summed E-state index contributed by atoms with van der Waals surface area (Å²) in [5.41, 5.74) is -0.725. The lowest BCUT2D eigenvalue weighted by atomic mass is 9.93. The van der Waals surface area contributed by atoms with Crippen LogP contribution in [0.5, 0.6) is 11.5 Å².